The molecule has 0 radical (unpaired) electrons. The molecule has 0 atom stereocenters. The van der Waals surface area contributed by atoms with E-state index >= 15 is 0 Å². The van der Waals surface area contributed by atoms with Gasteiger partial charge >= 0.3 is 6.09 Å². The molecule has 0 spiro atoms. The second-order valence-corrected chi connectivity index (χ2v) is 6.71. The molecule has 2 N–H and O–H groups in total. The van der Waals surface area contributed by atoms with Gasteiger partial charge in [0.15, 0.2) is 5.82 Å². The molecule has 0 fully saturated rings. The Morgan fingerprint density at radius 1 is 1.32 bits per heavy atom. The number of hydrogen-bond donors (Lipinski definition) is 2. The van der Waals surface area contributed by atoms with Gasteiger partial charge in [0.25, 0.3) is 0 Å². The Labute approximate surface area is 134 Å². The number of halogens is 2. The molecule has 0 unspecified atom stereocenters. The van der Waals surface area contributed by atoms with E-state index in [0.717, 1.165) is 0 Å². The first-order valence-corrected chi connectivity index (χ1v) is 7.04. The number of ether oxygens (including phenoxy) is 1. The van der Waals surface area contributed by atoms with Gasteiger partial charge < -0.3 is 15.3 Å². The Balaban J connectivity index is 3.08. The predicted molar refractivity (Wildman–Crippen MR) is 83.2 cm³/mol. The van der Waals surface area contributed by atoms with Crippen LogP contribution in [0.2, 0.25) is 5.02 Å². The molecule has 0 saturated heterocycles. The van der Waals surface area contributed by atoms with Crippen molar-refractivity contribution >= 4 is 23.4 Å². The average molecular weight is 331 g/mol. The topological polar surface area (TPSA) is 70.9 Å². The van der Waals surface area contributed by atoms with Crippen LogP contribution < -0.4 is 5.32 Å². The molecule has 1 rings (SSSR count). The summed E-state index contributed by atoms with van der Waals surface area (Å²) in [6.07, 6.45) is -0.707. The lowest BCUT2D eigenvalue weighted by Crippen LogP contribution is -2.51. The van der Waals surface area contributed by atoms with Gasteiger partial charge in [-0.3, -0.25) is 0 Å². The molecule has 1 aromatic carbocycles. The lowest BCUT2D eigenvalue weighted by Gasteiger charge is -2.29. The van der Waals surface area contributed by atoms with Gasteiger partial charge in [-0.2, -0.15) is 0 Å². The molecular weight excluding hydrogens is 311 g/mol. The zero-order valence-electron chi connectivity index (χ0n) is 13.2. The Morgan fingerprint density at radius 3 is 2.41 bits per heavy atom. The fourth-order valence-electron chi connectivity index (χ4n) is 1.82. The first kappa shape index (κ1) is 18.2. The molecule has 0 heterocycles. The van der Waals surface area contributed by atoms with Gasteiger partial charge in [0, 0.05) is 5.56 Å². The van der Waals surface area contributed by atoms with Crippen molar-refractivity contribution in [1.82, 2.24) is 5.32 Å². The molecular formula is C15H20ClFN2O3. The average Bonchev–Trinajstić information content (AvgIpc) is 2.31. The van der Waals surface area contributed by atoms with Crippen molar-refractivity contribution in [3.63, 3.8) is 0 Å². The fourth-order valence-corrected chi connectivity index (χ4v) is 1.99. The Hall–Kier alpha value is -1.82. The van der Waals surface area contributed by atoms with Gasteiger partial charge in [-0.05, 0) is 46.8 Å². The molecule has 1 aromatic rings. The van der Waals surface area contributed by atoms with Crippen LogP contribution in [0.1, 0.15) is 40.2 Å². The zero-order chi connectivity index (χ0) is 17.1. The van der Waals surface area contributed by atoms with Crippen LogP contribution in [-0.4, -0.2) is 28.2 Å². The lowest BCUT2D eigenvalue weighted by atomic mass is 9.92. The SMILES string of the molecule is CC(C)(C)OC(=O)NC(C)(C)/C(=N\O)c1cccc(Cl)c1F. The zero-order valence-corrected chi connectivity index (χ0v) is 14.0. The molecule has 1 amide bonds. The minimum Gasteiger partial charge on any atom is -0.444 e. The molecule has 0 bridgehead atoms. The number of amides is 1. The molecule has 5 nitrogen and oxygen atoms in total. The van der Waals surface area contributed by atoms with Crippen molar-refractivity contribution < 1.29 is 19.1 Å². The van der Waals surface area contributed by atoms with Crippen LogP contribution in [0, 0.1) is 5.82 Å². The normalized spacial score (nSPS) is 13.0. The molecule has 0 aromatic heterocycles. The maximum absolute atomic E-state index is 14.1. The van der Waals surface area contributed by atoms with Crippen molar-refractivity contribution in [3.05, 3.63) is 34.6 Å². The maximum Gasteiger partial charge on any atom is 0.408 e. The molecule has 7 heteroatoms. The predicted octanol–water partition coefficient (Wildman–Crippen LogP) is 3.96. The van der Waals surface area contributed by atoms with Crippen LogP contribution in [0.4, 0.5) is 9.18 Å². The van der Waals surface area contributed by atoms with E-state index in [4.69, 9.17) is 16.3 Å². The van der Waals surface area contributed by atoms with Crippen LogP contribution in [0.25, 0.3) is 0 Å². The highest BCUT2D eigenvalue weighted by Gasteiger charge is 2.33. The van der Waals surface area contributed by atoms with E-state index in [-0.39, 0.29) is 16.3 Å². The molecule has 0 aliphatic carbocycles. The van der Waals surface area contributed by atoms with Crippen LogP contribution >= 0.6 is 11.6 Å². The molecule has 22 heavy (non-hydrogen) atoms. The molecule has 0 aliphatic rings. The van der Waals surface area contributed by atoms with Crippen molar-refractivity contribution in [1.29, 1.82) is 0 Å². The first-order chi connectivity index (χ1) is 9.98. The molecule has 122 valence electrons. The largest absolute Gasteiger partial charge is 0.444 e. The third kappa shape index (κ3) is 4.59. The molecule has 0 aliphatic heterocycles. The number of carbonyl (C=O) groups excluding carboxylic acids is 1. The minimum atomic E-state index is -1.18. The minimum absolute atomic E-state index is 0.00365. The van der Waals surface area contributed by atoms with E-state index in [9.17, 15) is 14.4 Å². The van der Waals surface area contributed by atoms with E-state index in [1.54, 1.807) is 34.6 Å². The van der Waals surface area contributed by atoms with Crippen molar-refractivity contribution in [3.8, 4) is 0 Å². The van der Waals surface area contributed by atoms with E-state index in [1.807, 2.05) is 0 Å². The third-order valence-electron chi connectivity index (χ3n) is 2.71. The van der Waals surface area contributed by atoms with Gasteiger partial charge in [-0.15, -0.1) is 0 Å². The van der Waals surface area contributed by atoms with Crippen LogP contribution in [0.15, 0.2) is 23.4 Å². The quantitative estimate of drug-likeness (QED) is 0.500. The summed E-state index contributed by atoms with van der Waals surface area (Å²) in [4.78, 5) is 11.9. The van der Waals surface area contributed by atoms with Crippen molar-refractivity contribution in [2.24, 2.45) is 5.16 Å². The number of hydrogen-bond acceptors (Lipinski definition) is 4. The van der Waals surface area contributed by atoms with E-state index in [1.165, 1.54) is 18.2 Å². The lowest BCUT2D eigenvalue weighted by molar-refractivity contribution is 0.0496. The summed E-state index contributed by atoms with van der Waals surface area (Å²) < 4.78 is 19.3. The summed E-state index contributed by atoms with van der Waals surface area (Å²) in [5.74, 6) is -0.726. The Morgan fingerprint density at radius 2 is 1.91 bits per heavy atom. The van der Waals surface area contributed by atoms with Gasteiger partial charge in [0.05, 0.1) is 10.6 Å². The summed E-state index contributed by atoms with van der Waals surface area (Å²) in [5, 5.41) is 14.8. The smallest absolute Gasteiger partial charge is 0.408 e. The number of nitrogens with one attached hydrogen (secondary N) is 1. The van der Waals surface area contributed by atoms with Crippen molar-refractivity contribution in [2.45, 2.75) is 45.8 Å². The number of nitrogens with zero attached hydrogens (tertiary/aromatic N) is 1. The van der Waals surface area contributed by atoms with Gasteiger partial charge in [0.1, 0.15) is 11.3 Å². The summed E-state index contributed by atoms with van der Waals surface area (Å²) in [6.45, 7) is 8.28. The van der Waals surface area contributed by atoms with Crippen LogP contribution in [0.5, 0.6) is 0 Å². The number of oxime groups is 1. The highest BCUT2D eigenvalue weighted by molar-refractivity contribution is 6.31. The van der Waals surface area contributed by atoms with E-state index < -0.39 is 23.1 Å². The third-order valence-corrected chi connectivity index (χ3v) is 3.00. The van der Waals surface area contributed by atoms with Crippen molar-refractivity contribution in [2.75, 3.05) is 0 Å². The van der Waals surface area contributed by atoms with E-state index in [2.05, 4.69) is 10.5 Å². The molecule has 0 saturated carbocycles. The maximum atomic E-state index is 14.1. The monoisotopic (exact) mass is 330 g/mol. The van der Waals surface area contributed by atoms with Crippen LogP contribution in [0.3, 0.4) is 0 Å². The van der Waals surface area contributed by atoms with Gasteiger partial charge in [-0.25, -0.2) is 9.18 Å². The van der Waals surface area contributed by atoms with Crippen LogP contribution in [-0.2, 0) is 4.74 Å². The number of alkyl carbamates (subject to hydrolysis) is 1. The van der Waals surface area contributed by atoms with E-state index in [0.29, 0.717) is 0 Å². The Bertz CT molecular complexity index is 595. The second kappa shape index (κ2) is 6.52. The fraction of sp³-hybridized carbons (Fsp3) is 0.467. The highest BCUT2D eigenvalue weighted by Crippen LogP contribution is 2.23. The number of rotatable bonds is 3. The number of benzene rings is 1. The highest BCUT2D eigenvalue weighted by atomic mass is 35.5. The standard InChI is InChI=1S/C15H20ClFN2O3/c1-14(2,3)22-13(20)18-15(4,5)12(19-21)9-7-6-8-10(16)11(9)17/h6-8,21H,1-5H3,(H,18,20)/b19-12-. The first-order valence-electron chi connectivity index (χ1n) is 6.66. The summed E-state index contributed by atoms with van der Waals surface area (Å²) >= 11 is 5.73. The Kier molecular flexibility index (Phi) is 5.40. The summed E-state index contributed by atoms with van der Waals surface area (Å²) in [5.41, 5.74) is -1.94. The van der Waals surface area contributed by atoms with Gasteiger partial charge in [0.2, 0.25) is 0 Å². The summed E-state index contributed by atoms with van der Waals surface area (Å²) in [6, 6.07) is 4.31. The second-order valence-electron chi connectivity index (χ2n) is 6.30. The van der Waals surface area contributed by atoms with Gasteiger partial charge in [-0.1, -0.05) is 22.8 Å². The summed E-state index contributed by atoms with van der Waals surface area (Å²) in [7, 11) is 0. The number of carbonyl (C=O) groups is 1.